The van der Waals surface area contributed by atoms with Crippen molar-refractivity contribution in [3.8, 4) is 0 Å². The molecule has 258 valence electrons. The van der Waals surface area contributed by atoms with Crippen LogP contribution in [0.1, 0.15) is 40.8 Å². The molecule has 1 aliphatic rings. The van der Waals surface area contributed by atoms with Gasteiger partial charge in [0, 0.05) is 14.0 Å². The van der Waals surface area contributed by atoms with Gasteiger partial charge in [0.15, 0.2) is 23.1 Å². The third-order valence-corrected chi connectivity index (χ3v) is 14.5. The number of aromatic nitrogens is 4. The zero-order valence-corrected chi connectivity index (χ0v) is 30.4. The van der Waals surface area contributed by atoms with Gasteiger partial charge in [-0.3, -0.25) is 13.5 Å². The molecule has 3 heterocycles. The predicted molar refractivity (Wildman–Crippen MR) is 183 cm³/mol. The van der Waals surface area contributed by atoms with E-state index >= 15 is 0 Å². The maximum atomic E-state index is 12.7. The molecular formula is C32H40ClN5O8SSi. The van der Waals surface area contributed by atoms with Crippen LogP contribution in [0.4, 0.5) is 5.95 Å². The standard InChI is InChI=1S/C32H40ClN5O8SSi/c1-20(46-47(7,40)41)32(18-43-48(31(3,4)5,22-14-10-8-11-15-22)23-16-12-9-13-17-23)26(42-6)25(44-21(2)39)29(45-32)38-19-35-24-27(33)36-30(34)37-28(24)38/h8-17,19-20,25-26,29H,18H2,1-7H3,(H2,34,36,37)/t20-,25+,26-,29+,32-/m0/s1. The van der Waals surface area contributed by atoms with Gasteiger partial charge < -0.3 is 24.4 Å². The Kier molecular flexibility index (Phi) is 10.1. The molecule has 2 aromatic heterocycles. The minimum absolute atomic E-state index is 0.0108. The highest BCUT2D eigenvalue weighted by Crippen LogP contribution is 2.47. The molecule has 0 saturated carbocycles. The Balaban J connectivity index is 1.73. The molecule has 2 N–H and O–H groups in total. The van der Waals surface area contributed by atoms with E-state index in [0.717, 1.165) is 16.6 Å². The van der Waals surface area contributed by atoms with Crippen molar-refractivity contribution in [2.75, 3.05) is 25.7 Å². The number of ether oxygens (including phenoxy) is 3. The number of nitrogen functional groups attached to an aromatic ring is 1. The summed E-state index contributed by atoms with van der Waals surface area (Å²) < 4.78 is 58.6. The maximum Gasteiger partial charge on any atom is 0.303 e. The number of rotatable bonds is 11. The fourth-order valence-electron chi connectivity index (χ4n) is 6.62. The molecule has 16 heteroatoms. The lowest BCUT2D eigenvalue weighted by atomic mass is 9.90. The molecule has 48 heavy (non-hydrogen) atoms. The largest absolute Gasteiger partial charge is 0.455 e. The first kappa shape index (κ1) is 35.9. The monoisotopic (exact) mass is 717 g/mol. The van der Waals surface area contributed by atoms with Crippen molar-refractivity contribution in [2.45, 2.75) is 69.8 Å². The van der Waals surface area contributed by atoms with Crippen molar-refractivity contribution < 1.29 is 36.0 Å². The van der Waals surface area contributed by atoms with Crippen LogP contribution in [-0.4, -0.2) is 86.1 Å². The van der Waals surface area contributed by atoms with Crippen molar-refractivity contribution in [3.63, 3.8) is 0 Å². The molecule has 2 aromatic carbocycles. The van der Waals surface area contributed by atoms with Crippen molar-refractivity contribution in [3.05, 3.63) is 72.1 Å². The quantitative estimate of drug-likeness (QED) is 0.104. The Morgan fingerprint density at radius 2 is 1.69 bits per heavy atom. The first-order valence-electron chi connectivity index (χ1n) is 15.2. The smallest absolute Gasteiger partial charge is 0.303 e. The van der Waals surface area contributed by atoms with Gasteiger partial charge in [0.2, 0.25) is 5.95 Å². The SMILES string of the molecule is CO[C@H]1[C@@H](OC(C)=O)[C@H](n2cnc3c(Cl)nc(N)nc32)O[C@@]1(CO[Si](c1ccccc1)(c1ccccc1)C(C)(C)C)[C@H](C)OS(C)(=O)=O. The molecular weight excluding hydrogens is 678 g/mol. The highest BCUT2D eigenvalue weighted by molar-refractivity contribution is 7.86. The first-order valence-corrected chi connectivity index (χ1v) is 19.3. The predicted octanol–water partition coefficient (Wildman–Crippen LogP) is 3.22. The molecule has 1 fully saturated rings. The number of benzene rings is 2. The average Bonchev–Trinajstić information content (AvgIpc) is 3.56. The Morgan fingerprint density at radius 1 is 1.10 bits per heavy atom. The van der Waals surface area contributed by atoms with E-state index in [1.54, 1.807) is 6.92 Å². The summed E-state index contributed by atoms with van der Waals surface area (Å²) in [6.45, 7) is 8.92. The van der Waals surface area contributed by atoms with E-state index < -0.39 is 59.6 Å². The summed E-state index contributed by atoms with van der Waals surface area (Å²) in [5, 5.41) is 1.53. The van der Waals surface area contributed by atoms with Crippen LogP contribution in [-0.2, 0) is 37.7 Å². The molecule has 5 atom stereocenters. The van der Waals surface area contributed by atoms with Crippen molar-refractivity contribution >= 4 is 63.5 Å². The summed E-state index contributed by atoms with van der Waals surface area (Å²) in [7, 11) is -5.85. The average molecular weight is 718 g/mol. The third-order valence-electron chi connectivity index (χ3n) is 8.57. The number of carbonyl (C=O) groups excluding carboxylic acids is 1. The molecule has 1 aliphatic heterocycles. The van der Waals surface area contributed by atoms with E-state index in [1.165, 1.54) is 24.9 Å². The number of nitrogens with zero attached hydrogens (tertiary/aromatic N) is 4. The molecule has 5 rings (SSSR count). The van der Waals surface area contributed by atoms with Crippen molar-refractivity contribution in [1.29, 1.82) is 0 Å². The van der Waals surface area contributed by atoms with E-state index in [2.05, 4.69) is 35.7 Å². The summed E-state index contributed by atoms with van der Waals surface area (Å²) in [4.78, 5) is 25.3. The summed E-state index contributed by atoms with van der Waals surface area (Å²) in [6.07, 6.45) is -2.30. The molecule has 4 aromatic rings. The van der Waals surface area contributed by atoms with Gasteiger partial charge in [-0.05, 0) is 22.3 Å². The second kappa shape index (κ2) is 13.5. The number of anilines is 1. The van der Waals surface area contributed by atoms with Crippen LogP contribution in [0.25, 0.3) is 11.2 Å². The number of hydrogen-bond acceptors (Lipinski definition) is 12. The van der Waals surface area contributed by atoms with Crippen LogP contribution in [0.3, 0.4) is 0 Å². The Bertz CT molecular complexity index is 1840. The summed E-state index contributed by atoms with van der Waals surface area (Å²) >= 11 is 6.34. The number of halogens is 1. The second-order valence-corrected chi connectivity index (χ2v) is 19.0. The highest BCUT2D eigenvalue weighted by Gasteiger charge is 2.64. The molecule has 0 amide bonds. The molecule has 0 bridgehead atoms. The van der Waals surface area contributed by atoms with Gasteiger partial charge >= 0.3 is 5.97 Å². The van der Waals surface area contributed by atoms with Crippen molar-refractivity contribution in [1.82, 2.24) is 19.5 Å². The second-order valence-electron chi connectivity index (χ2n) is 12.8. The number of nitrogens with two attached hydrogens (primary N) is 1. The van der Waals surface area contributed by atoms with E-state index in [-0.39, 0.29) is 28.9 Å². The van der Waals surface area contributed by atoms with E-state index in [4.69, 9.17) is 40.2 Å². The number of carbonyl (C=O) groups is 1. The number of methoxy groups -OCH3 is 1. The van der Waals surface area contributed by atoms with E-state index in [9.17, 15) is 13.2 Å². The molecule has 0 unspecified atom stereocenters. The Hall–Kier alpha value is -3.44. The van der Waals surface area contributed by atoms with Crippen LogP contribution in [0, 0.1) is 0 Å². The zero-order chi connectivity index (χ0) is 35.1. The lowest BCUT2D eigenvalue weighted by Gasteiger charge is -2.46. The van der Waals surface area contributed by atoms with Gasteiger partial charge in [-0.1, -0.05) is 93.0 Å². The van der Waals surface area contributed by atoms with Crippen LogP contribution in [0.2, 0.25) is 10.2 Å². The number of fused-ring (bicyclic) bond motifs is 1. The van der Waals surface area contributed by atoms with Gasteiger partial charge in [0.05, 0.1) is 19.2 Å². The van der Waals surface area contributed by atoms with E-state index in [0.29, 0.717) is 0 Å². The Labute approximate surface area is 285 Å². The first-order chi connectivity index (χ1) is 22.5. The molecule has 13 nitrogen and oxygen atoms in total. The van der Waals surface area contributed by atoms with E-state index in [1.807, 2.05) is 60.7 Å². The van der Waals surface area contributed by atoms with Crippen LogP contribution in [0.15, 0.2) is 67.0 Å². The van der Waals surface area contributed by atoms with Gasteiger partial charge in [-0.25, -0.2) is 4.98 Å². The molecule has 1 saturated heterocycles. The van der Waals surface area contributed by atoms with Crippen LogP contribution >= 0.6 is 11.6 Å². The third kappa shape index (κ3) is 6.60. The minimum atomic E-state index is -4.04. The fourth-order valence-corrected chi connectivity index (χ4v) is 12.1. The molecule has 0 spiro atoms. The van der Waals surface area contributed by atoms with Crippen LogP contribution in [0.5, 0.6) is 0 Å². The fraction of sp³-hybridized carbons (Fsp3) is 0.438. The van der Waals surface area contributed by atoms with Crippen LogP contribution < -0.4 is 16.1 Å². The minimum Gasteiger partial charge on any atom is -0.455 e. The number of esters is 1. The Morgan fingerprint density at radius 3 is 2.19 bits per heavy atom. The number of imidazole rings is 1. The van der Waals surface area contributed by atoms with Gasteiger partial charge in [0.1, 0.15) is 23.3 Å². The van der Waals surface area contributed by atoms with Gasteiger partial charge in [-0.2, -0.15) is 18.4 Å². The maximum absolute atomic E-state index is 12.7. The zero-order valence-electron chi connectivity index (χ0n) is 27.8. The summed E-state index contributed by atoms with van der Waals surface area (Å²) in [5.41, 5.74) is 4.68. The van der Waals surface area contributed by atoms with Gasteiger partial charge in [0.25, 0.3) is 18.4 Å². The topological polar surface area (TPSA) is 167 Å². The summed E-state index contributed by atoms with van der Waals surface area (Å²) in [5.74, 6) is -0.748. The highest BCUT2D eigenvalue weighted by atomic mass is 35.5. The van der Waals surface area contributed by atoms with Gasteiger partial charge in [-0.15, -0.1) is 0 Å². The summed E-state index contributed by atoms with van der Waals surface area (Å²) in [6, 6.07) is 19.8. The lowest BCUT2D eigenvalue weighted by molar-refractivity contribution is -0.172. The molecule has 0 aliphatic carbocycles. The normalized spacial score (nSPS) is 22.5. The molecule has 0 radical (unpaired) electrons. The number of hydrogen-bond donors (Lipinski definition) is 1. The van der Waals surface area contributed by atoms with Crippen molar-refractivity contribution in [2.24, 2.45) is 0 Å². The lowest BCUT2D eigenvalue weighted by Crippen LogP contribution is -2.69.